The summed E-state index contributed by atoms with van der Waals surface area (Å²) in [5, 5.41) is 3.43. The van der Waals surface area contributed by atoms with Gasteiger partial charge in [-0.05, 0) is 20.8 Å². The molecule has 4 heteroatoms. The van der Waals surface area contributed by atoms with Crippen molar-refractivity contribution in [2.75, 3.05) is 26.2 Å². The minimum absolute atomic E-state index is 0.172. The van der Waals surface area contributed by atoms with Gasteiger partial charge in [-0.15, -0.1) is 0 Å². The molecule has 0 spiro atoms. The van der Waals surface area contributed by atoms with Crippen molar-refractivity contribution in [1.82, 2.24) is 10.2 Å². The highest BCUT2D eigenvalue weighted by Gasteiger charge is 2.56. The molecule has 2 atom stereocenters. The average molecular weight is 240 g/mol. The topological polar surface area (TPSA) is 41.6 Å². The fourth-order valence-corrected chi connectivity index (χ4v) is 2.89. The number of carbonyl (C=O) groups is 1. The van der Waals surface area contributed by atoms with Crippen LogP contribution in [0.15, 0.2) is 0 Å². The second kappa shape index (κ2) is 3.61. The third-order valence-electron chi connectivity index (χ3n) is 4.22. The Bertz CT molecular complexity index is 319. The van der Waals surface area contributed by atoms with Crippen LogP contribution in [-0.2, 0) is 4.74 Å². The summed E-state index contributed by atoms with van der Waals surface area (Å²) in [5.74, 6) is 0. The normalized spacial score (nSPS) is 37.1. The lowest BCUT2D eigenvalue weighted by molar-refractivity contribution is 0.0268. The van der Waals surface area contributed by atoms with Crippen LogP contribution < -0.4 is 5.32 Å². The maximum atomic E-state index is 12.1. The van der Waals surface area contributed by atoms with E-state index in [1.165, 1.54) is 0 Å². The number of nitrogens with one attached hydrogen (secondary N) is 1. The quantitative estimate of drug-likeness (QED) is 0.702. The van der Waals surface area contributed by atoms with Crippen molar-refractivity contribution < 1.29 is 9.53 Å². The molecule has 0 aromatic carbocycles. The van der Waals surface area contributed by atoms with Gasteiger partial charge < -0.3 is 15.0 Å². The molecule has 1 N–H and O–H groups in total. The van der Waals surface area contributed by atoms with Crippen LogP contribution in [0.4, 0.5) is 4.79 Å². The van der Waals surface area contributed by atoms with Crippen LogP contribution in [0.2, 0.25) is 0 Å². The molecule has 2 saturated heterocycles. The standard InChI is InChI=1S/C13H24N2O2/c1-11(2,3)17-10(16)15-8-12(4)6-14-7-13(12,5)9-15/h14H,6-9H2,1-5H3/t12-,13-/m0/s1. The first-order valence-corrected chi connectivity index (χ1v) is 6.34. The number of amides is 1. The van der Waals surface area contributed by atoms with E-state index in [0.717, 1.165) is 26.2 Å². The Morgan fingerprint density at radius 2 is 1.65 bits per heavy atom. The summed E-state index contributed by atoms with van der Waals surface area (Å²) in [7, 11) is 0. The molecule has 0 unspecified atom stereocenters. The van der Waals surface area contributed by atoms with Gasteiger partial charge in [-0.3, -0.25) is 0 Å². The molecule has 2 aliphatic heterocycles. The van der Waals surface area contributed by atoms with Gasteiger partial charge in [0.25, 0.3) is 0 Å². The van der Waals surface area contributed by atoms with Crippen molar-refractivity contribution in [2.24, 2.45) is 10.8 Å². The molecule has 2 fully saturated rings. The summed E-state index contributed by atoms with van der Waals surface area (Å²) in [6.07, 6.45) is -0.172. The van der Waals surface area contributed by atoms with E-state index in [2.05, 4.69) is 19.2 Å². The molecule has 0 radical (unpaired) electrons. The van der Waals surface area contributed by atoms with E-state index in [0.29, 0.717) is 0 Å². The van der Waals surface area contributed by atoms with Crippen molar-refractivity contribution in [3.63, 3.8) is 0 Å². The van der Waals surface area contributed by atoms with Crippen LogP contribution in [0.5, 0.6) is 0 Å². The Labute approximate surface area is 104 Å². The van der Waals surface area contributed by atoms with Crippen LogP contribution in [0.3, 0.4) is 0 Å². The SMILES string of the molecule is CC(C)(C)OC(=O)N1C[C@]2(C)CNC[C@@]2(C)C1. The molecule has 0 aromatic rings. The summed E-state index contributed by atoms with van der Waals surface area (Å²) in [6.45, 7) is 13.8. The molecule has 17 heavy (non-hydrogen) atoms. The van der Waals surface area contributed by atoms with Crippen LogP contribution in [0.25, 0.3) is 0 Å². The zero-order valence-corrected chi connectivity index (χ0v) is 11.6. The first kappa shape index (κ1) is 12.7. The largest absolute Gasteiger partial charge is 0.444 e. The average Bonchev–Trinajstić information content (AvgIpc) is 2.50. The Balaban J connectivity index is 2.06. The van der Waals surface area contributed by atoms with E-state index in [4.69, 9.17) is 4.74 Å². The van der Waals surface area contributed by atoms with E-state index in [1.807, 2.05) is 25.7 Å². The minimum Gasteiger partial charge on any atom is -0.444 e. The van der Waals surface area contributed by atoms with Gasteiger partial charge in [0.05, 0.1) is 0 Å². The molecule has 2 heterocycles. The molecule has 98 valence electrons. The van der Waals surface area contributed by atoms with Crippen molar-refractivity contribution in [3.05, 3.63) is 0 Å². The summed E-state index contributed by atoms with van der Waals surface area (Å²) in [5.41, 5.74) is -0.0390. The van der Waals surface area contributed by atoms with E-state index < -0.39 is 5.60 Å². The fourth-order valence-electron chi connectivity index (χ4n) is 2.89. The van der Waals surface area contributed by atoms with Gasteiger partial charge >= 0.3 is 6.09 Å². The lowest BCUT2D eigenvalue weighted by Crippen LogP contribution is -2.38. The fraction of sp³-hybridized carbons (Fsp3) is 0.923. The molecule has 4 nitrogen and oxygen atoms in total. The number of hydrogen-bond donors (Lipinski definition) is 1. The first-order chi connectivity index (χ1) is 7.65. The van der Waals surface area contributed by atoms with Gasteiger partial charge in [-0.25, -0.2) is 4.79 Å². The Hall–Kier alpha value is -0.770. The van der Waals surface area contributed by atoms with Crippen molar-refractivity contribution in [2.45, 2.75) is 40.2 Å². The number of carbonyl (C=O) groups excluding carboxylic acids is 1. The van der Waals surface area contributed by atoms with Crippen LogP contribution >= 0.6 is 0 Å². The number of nitrogens with zero attached hydrogens (tertiary/aromatic N) is 1. The summed E-state index contributed by atoms with van der Waals surface area (Å²) >= 11 is 0. The highest BCUT2D eigenvalue weighted by atomic mass is 16.6. The highest BCUT2D eigenvalue weighted by molar-refractivity contribution is 5.69. The van der Waals surface area contributed by atoms with Gasteiger partial charge in [0, 0.05) is 37.0 Å². The maximum absolute atomic E-state index is 12.1. The third kappa shape index (κ3) is 2.15. The molecule has 0 bridgehead atoms. The molecule has 0 saturated carbocycles. The summed E-state index contributed by atoms with van der Waals surface area (Å²) in [4.78, 5) is 13.9. The molecule has 2 rings (SSSR count). The van der Waals surface area contributed by atoms with Crippen LogP contribution in [0.1, 0.15) is 34.6 Å². The smallest absolute Gasteiger partial charge is 0.410 e. The van der Waals surface area contributed by atoms with Gasteiger partial charge in [-0.2, -0.15) is 0 Å². The monoisotopic (exact) mass is 240 g/mol. The first-order valence-electron chi connectivity index (χ1n) is 6.34. The van der Waals surface area contributed by atoms with Crippen molar-refractivity contribution in [1.29, 1.82) is 0 Å². The molecule has 1 amide bonds. The number of likely N-dealkylation sites (tertiary alicyclic amines) is 1. The van der Waals surface area contributed by atoms with Gasteiger partial charge in [-0.1, -0.05) is 13.8 Å². The van der Waals surface area contributed by atoms with Crippen molar-refractivity contribution in [3.8, 4) is 0 Å². The number of ether oxygens (including phenoxy) is 1. The van der Waals surface area contributed by atoms with Gasteiger partial charge in [0.2, 0.25) is 0 Å². The van der Waals surface area contributed by atoms with E-state index in [-0.39, 0.29) is 16.9 Å². The maximum Gasteiger partial charge on any atom is 0.410 e. The summed E-state index contributed by atoms with van der Waals surface area (Å²) in [6, 6.07) is 0. The second-order valence-corrected chi connectivity index (χ2v) is 7.06. The predicted molar refractivity (Wildman–Crippen MR) is 66.9 cm³/mol. The third-order valence-corrected chi connectivity index (χ3v) is 4.22. The van der Waals surface area contributed by atoms with Crippen molar-refractivity contribution >= 4 is 6.09 Å². The van der Waals surface area contributed by atoms with E-state index in [9.17, 15) is 4.79 Å². The van der Waals surface area contributed by atoms with Crippen LogP contribution in [0, 0.1) is 10.8 Å². The zero-order valence-electron chi connectivity index (χ0n) is 11.6. The molecule has 0 aromatic heterocycles. The Morgan fingerprint density at radius 3 is 2.06 bits per heavy atom. The zero-order chi connectivity index (χ0) is 12.9. The lowest BCUT2D eigenvalue weighted by Gasteiger charge is -2.30. The lowest BCUT2D eigenvalue weighted by atomic mass is 9.71. The Kier molecular flexibility index (Phi) is 2.69. The predicted octanol–water partition coefficient (Wildman–Crippen LogP) is 1.85. The van der Waals surface area contributed by atoms with E-state index >= 15 is 0 Å². The van der Waals surface area contributed by atoms with Crippen LogP contribution in [-0.4, -0.2) is 42.8 Å². The Morgan fingerprint density at radius 1 is 1.18 bits per heavy atom. The molecule has 2 aliphatic rings. The van der Waals surface area contributed by atoms with Gasteiger partial charge in [0.1, 0.15) is 5.60 Å². The number of hydrogen-bond acceptors (Lipinski definition) is 3. The minimum atomic E-state index is -0.408. The number of fused-ring (bicyclic) bond motifs is 1. The molecule has 0 aliphatic carbocycles. The van der Waals surface area contributed by atoms with E-state index in [1.54, 1.807) is 0 Å². The summed E-state index contributed by atoms with van der Waals surface area (Å²) < 4.78 is 5.44. The number of rotatable bonds is 0. The highest BCUT2D eigenvalue weighted by Crippen LogP contribution is 2.48. The van der Waals surface area contributed by atoms with Gasteiger partial charge in [0.15, 0.2) is 0 Å². The molecular formula is C13H24N2O2. The second-order valence-electron chi connectivity index (χ2n) is 7.06. The molecular weight excluding hydrogens is 216 g/mol.